The van der Waals surface area contributed by atoms with Crippen molar-refractivity contribution in [2.75, 3.05) is 13.7 Å². The van der Waals surface area contributed by atoms with Gasteiger partial charge >= 0.3 is 12.1 Å². The zero-order chi connectivity index (χ0) is 34.4. The molecule has 1 atom stereocenters. The van der Waals surface area contributed by atoms with E-state index in [9.17, 15) is 19.2 Å². The van der Waals surface area contributed by atoms with Gasteiger partial charge in [-0.25, -0.2) is 24.4 Å². The van der Waals surface area contributed by atoms with Crippen molar-refractivity contribution < 1.29 is 33.0 Å². The number of carbonyl (C=O) groups excluding carboxylic acids is 4. The summed E-state index contributed by atoms with van der Waals surface area (Å²) in [5.74, 6) is 3.59. The number of amides is 3. The van der Waals surface area contributed by atoms with Crippen molar-refractivity contribution in [1.82, 2.24) is 25.7 Å². The van der Waals surface area contributed by atoms with Crippen LogP contribution in [0, 0.1) is 17.7 Å². The monoisotopic (exact) mass is 651 g/mol. The molecule has 0 bridgehead atoms. The Morgan fingerprint density at radius 3 is 2.46 bits per heavy atom. The first kappa shape index (κ1) is 33.5. The van der Waals surface area contributed by atoms with Gasteiger partial charge in [0.2, 0.25) is 0 Å². The normalized spacial score (nSPS) is 14.4. The zero-order valence-corrected chi connectivity index (χ0v) is 26.9. The van der Waals surface area contributed by atoms with Crippen molar-refractivity contribution in [3.05, 3.63) is 95.1 Å². The number of likely N-dealkylation sites (tertiary alicyclic amines) is 1. The number of methoxy groups -OCH3 is 1. The number of pyridine rings is 2. The number of rotatable bonds is 4. The molecule has 1 aliphatic heterocycles. The third kappa shape index (κ3) is 7.93. The van der Waals surface area contributed by atoms with Crippen LogP contribution in [-0.2, 0) is 14.3 Å². The quantitative estimate of drug-likeness (QED) is 0.175. The van der Waals surface area contributed by atoms with Gasteiger partial charge in [-0.1, -0.05) is 24.0 Å². The summed E-state index contributed by atoms with van der Waals surface area (Å²) >= 11 is 0. The van der Waals surface area contributed by atoms with Gasteiger partial charge in [0.15, 0.2) is 0 Å². The maximum Gasteiger partial charge on any atom is 0.426 e. The smallest absolute Gasteiger partial charge is 0.426 e. The molecule has 2 N–H and O–H groups in total. The molecule has 11 nitrogen and oxygen atoms in total. The van der Waals surface area contributed by atoms with E-state index in [0.29, 0.717) is 40.7 Å². The number of hydrazine groups is 1. The second-order valence-electron chi connectivity index (χ2n) is 12.1. The summed E-state index contributed by atoms with van der Waals surface area (Å²) in [5, 5.41) is 0.487. The molecular weight excluding hydrogens is 617 g/mol. The first-order valence-electron chi connectivity index (χ1n) is 15.3. The van der Waals surface area contributed by atoms with Crippen LogP contribution in [0.5, 0.6) is 0 Å². The number of halogens is 1. The van der Waals surface area contributed by atoms with E-state index >= 15 is 4.39 Å². The van der Waals surface area contributed by atoms with Crippen LogP contribution in [0.15, 0.2) is 67.0 Å². The molecule has 2 aromatic carbocycles. The first-order valence-corrected chi connectivity index (χ1v) is 15.3. The number of hydrogen-bond acceptors (Lipinski definition) is 8. The van der Waals surface area contributed by atoms with Gasteiger partial charge in [0.25, 0.3) is 11.8 Å². The molecule has 2 aromatic heterocycles. The molecule has 4 aromatic rings. The number of fused-ring (bicyclic) bond motifs is 1. The Morgan fingerprint density at radius 1 is 0.979 bits per heavy atom. The predicted octanol–water partition coefficient (Wildman–Crippen LogP) is 5.17. The van der Waals surface area contributed by atoms with Crippen LogP contribution in [0.1, 0.15) is 71.9 Å². The molecule has 1 saturated heterocycles. The van der Waals surface area contributed by atoms with Crippen LogP contribution in [0.2, 0.25) is 0 Å². The van der Waals surface area contributed by atoms with Crippen LogP contribution in [0.25, 0.3) is 22.2 Å². The third-order valence-electron chi connectivity index (χ3n) is 7.51. The summed E-state index contributed by atoms with van der Waals surface area (Å²) < 4.78 is 25.1. The van der Waals surface area contributed by atoms with Crippen LogP contribution in [-0.4, -0.2) is 64.0 Å². The molecule has 0 aliphatic carbocycles. The standard InChI is InChI=1S/C36H34FN5O6/c1-36(2,3)48-35(46)41-40-32(43)26-20-30(39-29-16-17-38-21-27(26)29)24-12-9-22(10-13-24)8-11-23-14-15-25(19-28(23)37)33(44)42-18-6-5-7-31(42)34(45)47-4/h9-10,12-17,19-21,31H,5-7,18H2,1-4H3,(H,40,43)(H,41,46). The molecule has 0 saturated carbocycles. The minimum atomic E-state index is -0.806. The Morgan fingerprint density at radius 2 is 1.75 bits per heavy atom. The van der Waals surface area contributed by atoms with Gasteiger partial charge in [0.1, 0.15) is 17.5 Å². The topological polar surface area (TPSA) is 140 Å². The number of nitrogens with one attached hydrogen (secondary N) is 2. The lowest BCUT2D eigenvalue weighted by Gasteiger charge is -2.33. The number of aromatic nitrogens is 2. The minimum absolute atomic E-state index is 0.110. The number of benzene rings is 2. The van der Waals surface area contributed by atoms with Gasteiger partial charge in [0.05, 0.1) is 29.4 Å². The number of carbonyl (C=O) groups is 4. The molecule has 0 spiro atoms. The lowest BCUT2D eigenvalue weighted by Crippen LogP contribution is -2.48. The fourth-order valence-electron chi connectivity index (χ4n) is 5.22. The Kier molecular flexibility index (Phi) is 9.99. The number of ether oxygens (including phenoxy) is 2. The lowest BCUT2D eigenvalue weighted by molar-refractivity contribution is -0.147. The molecule has 3 amide bonds. The summed E-state index contributed by atoms with van der Waals surface area (Å²) in [4.78, 5) is 60.6. The van der Waals surface area contributed by atoms with Gasteiger partial charge in [-0.15, -0.1) is 0 Å². The Bertz CT molecular complexity index is 1940. The lowest BCUT2D eigenvalue weighted by atomic mass is 10.0. The van der Waals surface area contributed by atoms with Crippen LogP contribution >= 0.6 is 0 Å². The predicted molar refractivity (Wildman–Crippen MR) is 175 cm³/mol. The molecular formula is C36H34FN5O6. The molecule has 1 fully saturated rings. The Labute approximate surface area is 276 Å². The molecule has 3 heterocycles. The van der Waals surface area contributed by atoms with E-state index in [1.165, 1.54) is 30.3 Å². The van der Waals surface area contributed by atoms with Crippen LogP contribution in [0.3, 0.4) is 0 Å². The van der Waals surface area contributed by atoms with Crippen molar-refractivity contribution in [2.45, 2.75) is 51.7 Å². The molecule has 48 heavy (non-hydrogen) atoms. The Hall–Kier alpha value is -5.83. The molecule has 12 heteroatoms. The average molecular weight is 652 g/mol. The minimum Gasteiger partial charge on any atom is -0.467 e. The van der Waals surface area contributed by atoms with E-state index < -0.39 is 41.3 Å². The zero-order valence-electron chi connectivity index (χ0n) is 26.9. The van der Waals surface area contributed by atoms with Crippen LogP contribution in [0.4, 0.5) is 9.18 Å². The van der Waals surface area contributed by atoms with Gasteiger partial charge < -0.3 is 14.4 Å². The number of nitrogens with zero attached hydrogens (tertiary/aromatic N) is 3. The van der Waals surface area contributed by atoms with Crippen molar-refractivity contribution in [3.63, 3.8) is 0 Å². The van der Waals surface area contributed by atoms with Crippen LogP contribution < -0.4 is 10.9 Å². The van der Waals surface area contributed by atoms with Crippen molar-refractivity contribution >= 4 is 34.8 Å². The summed E-state index contributed by atoms with van der Waals surface area (Å²) in [6.45, 7) is 5.52. The van der Waals surface area contributed by atoms with Gasteiger partial charge in [-0.2, -0.15) is 0 Å². The highest BCUT2D eigenvalue weighted by Crippen LogP contribution is 2.25. The molecule has 1 unspecified atom stereocenters. The highest BCUT2D eigenvalue weighted by molar-refractivity contribution is 6.07. The van der Waals surface area contributed by atoms with Gasteiger partial charge in [-0.05, 0) is 82.5 Å². The summed E-state index contributed by atoms with van der Waals surface area (Å²) in [6.07, 6.45) is 4.33. The van der Waals surface area contributed by atoms with Crippen molar-refractivity contribution in [2.24, 2.45) is 0 Å². The molecule has 246 valence electrons. The van der Waals surface area contributed by atoms with E-state index in [0.717, 1.165) is 18.9 Å². The average Bonchev–Trinajstić information content (AvgIpc) is 3.08. The molecule has 1 aliphatic rings. The summed E-state index contributed by atoms with van der Waals surface area (Å²) in [6, 6.07) is 13.7. The van der Waals surface area contributed by atoms with Crippen molar-refractivity contribution in [3.8, 4) is 23.1 Å². The number of esters is 1. The van der Waals surface area contributed by atoms with E-state index in [1.54, 1.807) is 63.4 Å². The fraction of sp³-hybridized carbons (Fsp3) is 0.278. The van der Waals surface area contributed by atoms with Crippen molar-refractivity contribution in [1.29, 1.82) is 0 Å². The maximum atomic E-state index is 15.0. The highest BCUT2D eigenvalue weighted by Gasteiger charge is 2.33. The second-order valence-corrected chi connectivity index (χ2v) is 12.1. The SMILES string of the molecule is COC(=O)C1CCCCN1C(=O)c1ccc(C#Cc2ccc(-c3cc(C(=O)NNC(=O)OC(C)(C)C)c4cnccc4n3)cc2)c(F)c1. The summed E-state index contributed by atoms with van der Waals surface area (Å²) in [5.41, 5.74) is 6.65. The third-order valence-corrected chi connectivity index (χ3v) is 7.51. The van der Waals surface area contributed by atoms with E-state index in [1.807, 2.05) is 0 Å². The van der Waals surface area contributed by atoms with E-state index in [-0.39, 0.29) is 16.7 Å². The van der Waals surface area contributed by atoms with E-state index in [2.05, 4.69) is 32.7 Å². The maximum absolute atomic E-state index is 15.0. The molecule has 0 radical (unpaired) electrons. The Balaban J connectivity index is 1.32. The largest absolute Gasteiger partial charge is 0.467 e. The first-order chi connectivity index (χ1) is 22.9. The van der Waals surface area contributed by atoms with E-state index in [4.69, 9.17) is 9.47 Å². The second kappa shape index (κ2) is 14.3. The van der Waals surface area contributed by atoms with Gasteiger partial charge in [0, 0.05) is 41.0 Å². The number of hydrogen-bond donors (Lipinski definition) is 2. The summed E-state index contributed by atoms with van der Waals surface area (Å²) in [7, 11) is 1.28. The fourth-order valence-corrected chi connectivity index (χ4v) is 5.22. The number of piperidine rings is 1. The van der Waals surface area contributed by atoms with Gasteiger partial charge in [-0.3, -0.25) is 20.0 Å². The highest BCUT2D eigenvalue weighted by atomic mass is 19.1. The molecule has 5 rings (SSSR count).